The average Bonchev–Trinajstić information content (AvgIpc) is 2.41. The largest absolute Gasteiger partial charge is 0.328 e. The molecule has 2 rings (SSSR count). The standard InChI is InChI=1S/C11H16.C5H12N2/c1-3-10(2)9-11-7-5-4-6-8-11;6-5-1-3-7-4-2-5/h4-8,10H,3,9H2,1-2H3;5,7H,1-4,6H2/t10-;/m1./s1. The minimum Gasteiger partial charge on any atom is -0.328 e. The third kappa shape index (κ3) is 6.77. The van der Waals surface area contributed by atoms with Crippen LogP contribution in [0.5, 0.6) is 0 Å². The van der Waals surface area contributed by atoms with Crippen LogP contribution in [0.1, 0.15) is 38.7 Å². The van der Waals surface area contributed by atoms with Gasteiger partial charge in [0.15, 0.2) is 0 Å². The molecule has 3 N–H and O–H groups in total. The van der Waals surface area contributed by atoms with Crippen molar-refractivity contribution in [2.45, 2.75) is 45.6 Å². The van der Waals surface area contributed by atoms with E-state index in [1.54, 1.807) is 0 Å². The molecule has 1 fully saturated rings. The van der Waals surface area contributed by atoms with E-state index in [0.29, 0.717) is 6.04 Å². The molecule has 1 saturated heterocycles. The molecule has 0 aliphatic carbocycles. The van der Waals surface area contributed by atoms with Crippen molar-refractivity contribution in [3.8, 4) is 0 Å². The Bertz CT molecular complexity index is 291. The lowest BCUT2D eigenvalue weighted by atomic mass is 9.99. The van der Waals surface area contributed by atoms with Crippen molar-refractivity contribution < 1.29 is 0 Å². The van der Waals surface area contributed by atoms with E-state index >= 15 is 0 Å². The molecule has 0 radical (unpaired) electrons. The predicted molar refractivity (Wildman–Crippen MR) is 79.7 cm³/mol. The van der Waals surface area contributed by atoms with E-state index in [1.807, 2.05) is 0 Å². The van der Waals surface area contributed by atoms with Gasteiger partial charge in [-0.1, -0.05) is 50.6 Å². The molecule has 102 valence electrons. The van der Waals surface area contributed by atoms with Gasteiger partial charge in [-0.25, -0.2) is 0 Å². The van der Waals surface area contributed by atoms with Crippen molar-refractivity contribution in [2.75, 3.05) is 13.1 Å². The van der Waals surface area contributed by atoms with Gasteiger partial charge in [-0.05, 0) is 43.8 Å². The first-order valence-corrected chi connectivity index (χ1v) is 7.22. The van der Waals surface area contributed by atoms with E-state index in [0.717, 1.165) is 31.8 Å². The zero-order chi connectivity index (χ0) is 13.2. The second-order valence-corrected chi connectivity index (χ2v) is 5.29. The van der Waals surface area contributed by atoms with Crippen molar-refractivity contribution in [3.63, 3.8) is 0 Å². The average molecular weight is 248 g/mol. The molecule has 1 atom stereocenters. The van der Waals surface area contributed by atoms with Crippen molar-refractivity contribution in [1.29, 1.82) is 0 Å². The third-order valence-electron chi connectivity index (χ3n) is 3.51. The van der Waals surface area contributed by atoms with Gasteiger partial charge in [0, 0.05) is 6.04 Å². The van der Waals surface area contributed by atoms with Gasteiger partial charge < -0.3 is 11.1 Å². The van der Waals surface area contributed by atoms with E-state index in [1.165, 1.54) is 18.4 Å². The molecule has 0 aromatic heterocycles. The van der Waals surface area contributed by atoms with E-state index in [9.17, 15) is 0 Å². The summed E-state index contributed by atoms with van der Waals surface area (Å²) in [5.41, 5.74) is 7.05. The normalized spacial score (nSPS) is 17.7. The lowest BCUT2D eigenvalue weighted by Gasteiger charge is -2.17. The summed E-state index contributed by atoms with van der Waals surface area (Å²) < 4.78 is 0. The highest BCUT2D eigenvalue weighted by Crippen LogP contribution is 2.10. The Morgan fingerprint density at radius 2 is 1.83 bits per heavy atom. The second-order valence-electron chi connectivity index (χ2n) is 5.29. The maximum Gasteiger partial charge on any atom is 0.00629 e. The van der Waals surface area contributed by atoms with Crippen LogP contribution in [0, 0.1) is 5.92 Å². The van der Waals surface area contributed by atoms with Crippen LogP contribution < -0.4 is 11.1 Å². The maximum atomic E-state index is 5.59. The first kappa shape index (κ1) is 15.2. The smallest absolute Gasteiger partial charge is 0.00629 e. The molecule has 0 spiro atoms. The number of piperidine rings is 1. The van der Waals surface area contributed by atoms with Crippen LogP contribution in [0.3, 0.4) is 0 Å². The van der Waals surface area contributed by atoms with Crippen LogP contribution in [-0.4, -0.2) is 19.1 Å². The zero-order valence-electron chi connectivity index (χ0n) is 11.9. The molecule has 0 amide bonds. The number of hydrogen-bond donors (Lipinski definition) is 2. The molecule has 18 heavy (non-hydrogen) atoms. The zero-order valence-corrected chi connectivity index (χ0v) is 11.9. The number of nitrogens with two attached hydrogens (primary N) is 1. The number of nitrogens with one attached hydrogen (secondary N) is 1. The summed E-state index contributed by atoms with van der Waals surface area (Å²) in [4.78, 5) is 0. The van der Waals surface area contributed by atoms with Crippen LogP contribution in [-0.2, 0) is 6.42 Å². The summed E-state index contributed by atoms with van der Waals surface area (Å²) in [6, 6.07) is 11.2. The highest BCUT2D eigenvalue weighted by molar-refractivity contribution is 5.14. The van der Waals surface area contributed by atoms with Gasteiger partial charge in [0.2, 0.25) is 0 Å². The monoisotopic (exact) mass is 248 g/mol. The van der Waals surface area contributed by atoms with Gasteiger partial charge in [0.25, 0.3) is 0 Å². The molecule has 1 aliphatic heterocycles. The lowest BCUT2D eigenvalue weighted by molar-refractivity contribution is 0.458. The topological polar surface area (TPSA) is 38.0 Å². The molecular weight excluding hydrogens is 220 g/mol. The third-order valence-corrected chi connectivity index (χ3v) is 3.51. The van der Waals surface area contributed by atoms with Gasteiger partial charge in [0.1, 0.15) is 0 Å². The van der Waals surface area contributed by atoms with Crippen LogP contribution in [0.4, 0.5) is 0 Å². The summed E-state index contributed by atoms with van der Waals surface area (Å²) in [5, 5.41) is 3.24. The fourth-order valence-electron chi connectivity index (χ4n) is 2.01. The van der Waals surface area contributed by atoms with E-state index < -0.39 is 0 Å². The molecule has 0 saturated carbocycles. The minimum atomic E-state index is 0.473. The Labute approximate surface area is 112 Å². The Morgan fingerprint density at radius 3 is 2.28 bits per heavy atom. The predicted octanol–water partition coefficient (Wildman–Crippen LogP) is 2.97. The first-order chi connectivity index (χ1) is 8.72. The molecular formula is C16H28N2. The molecule has 0 unspecified atom stereocenters. The Hall–Kier alpha value is -0.860. The van der Waals surface area contributed by atoms with E-state index in [2.05, 4.69) is 49.5 Å². The van der Waals surface area contributed by atoms with E-state index in [-0.39, 0.29) is 0 Å². The summed E-state index contributed by atoms with van der Waals surface area (Å²) in [6.07, 6.45) is 4.80. The van der Waals surface area contributed by atoms with Crippen molar-refractivity contribution in [1.82, 2.24) is 5.32 Å². The number of hydrogen-bond acceptors (Lipinski definition) is 2. The fraction of sp³-hybridized carbons (Fsp3) is 0.625. The molecule has 1 aliphatic rings. The quantitative estimate of drug-likeness (QED) is 0.863. The highest BCUT2D eigenvalue weighted by atomic mass is 14.9. The minimum absolute atomic E-state index is 0.473. The Morgan fingerprint density at radius 1 is 1.22 bits per heavy atom. The molecule has 2 heteroatoms. The Kier molecular flexibility index (Phi) is 7.70. The Balaban J connectivity index is 0.000000199. The van der Waals surface area contributed by atoms with Crippen LogP contribution in [0.2, 0.25) is 0 Å². The van der Waals surface area contributed by atoms with Crippen LogP contribution in [0.25, 0.3) is 0 Å². The molecule has 1 heterocycles. The molecule has 1 aromatic rings. The summed E-state index contributed by atoms with van der Waals surface area (Å²) in [7, 11) is 0. The van der Waals surface area contributed by atoms with Crippen molar-refractivity contribution in [2.24, 2.45) is 11.7 Å². The molecule has 2 nitrogen and oxygen atoms in total. The molecule has 0 bridgehead atoms. The van der Waals surface area contributed by atoms with Gasteiger partial charge in [-0.3, -0.25) is 0 Å². The van der Waals surface area contributed by atoms with Crippen LogP contribution in [0.15, 0.2) is 30.3 Å². The summed E-state index contributed by atoms with van der Waals surface area (Å²) >= 11 is 0. The van der Waals surface area contributed by atoms with E-state index in [4.69, 9.17) is 5.73 Å². The summed E-state index contributed by atoms with van der Waals surface area (Å²) in [6.45, 7) is 6.77. The SMILES string of the molecule is CC[C@@H](C)Cc1ccccc1.NC1CCNCC1. The fourth-order valence-corrected chi connectivity index (χ4v) is 2.01. The second kappa shape index (κ2) is 9.12. The van der Waals surface area contributed by atoms with Gasteiger partial charge in [-0.15, -0.1) is 0 Å². The summed E-state index contributed by atoms with van der Waals surface area (Å²) in [5.74, 6) is 0.817. The number of benzene rings is 1. The van der Waals surface area contributed by atoms with Crippen LogP contribution >= 0.6 is 0 Å². The molecule has 1 aromatic carbocycles. The maximum absolute atomic E-state index is 5.59. The van der Waals surface area contributed by atoms with Crippen molar-refractivity contribution in [3.05, 3.63) is 35.9 Å². The highest BCUT2D eigenvalue weighted by Gasteiger charge is 2.05. The lowest BCUT2D eigenvalue weighted by Crippen LogP contribution is -2.35. The van der Waals surface area contributed by atoms with Gasteiger partial charge >= 0.3 is 0 Å². The van der Waals surface area contributed by atoms with Gasteiger partial charge in [-0.2, -0.15) is 0 Å². The van der Waals surface area contributed by atoms with Crippen molar-refractivity contribution >= 4 is 0 Å². The number of rotatable bonds is 3. The van der Waals surface area contributed by atoms with Gasteiger partial charge in [0.05, 0.1) is 0 Å². The first-order valence-electron chi connectivity index (χ1n) is 7.22.